The molecule has 1 aromatic carbocycles. The third-order valence-electron chi connectivity index (χ3n) is 2.30. The summed E-state index contributed by atoms with van der Waals surface area (Å²) in [6, 6.07) is 4.53. The summed E-state index contributed by atoms with van der Waals surface area (Å²) in [6.07, 6.45) is 1.56. The number of methoxy groups -OCH3 is 1. The molecule has 94 valence electrons. The molecule has 0 radical (unpaired) electrons. The minimum atomic E-state index is -0.784. The minimum Gasteiger partial charge on any atom is -0.494 e. The van der Waals surface area contributed by atoms with Crippen molar-refractivity contribution >= 4 is 11.7 Å². The van der Waals surface area contributed by atoms with Gasteiger partial charge < -0.3 is 15.2 Å². The first-order valence-corrected chi connectivity index (χ1v) is 5.42. The Hall–Kier alpha value is -1.78. The van der Waals surface area contributed by atoms with Crippen LogP contribution in [0.2, 0.25) is 0 Å². The van der Waals surface area contributed by atoms with Gasteiger partial charge in [0.15, 0.2) is 11.6 Å². The molecule has 17 heavy (non-hydrogen) atoms. The summed E-state index contributed by atoms with van der Waals surface area (Å²) in [6.45, 7) is 0.655. The highest BCUT2D eigenvalue weighted by atomic mass is 19.1. The van der Waals surface area contributed by atoms with Crippen LogP contribution in [0, 0.1) is 5.82 Å². The van der Waals surface area contributed by atoms with Crippen molar-refractivity contribution in [2.24, 2.45) is 0 Å². The van der Waals surface area contributed by atoms with Gasteiger partial charge in [-0.1, -0.05) is 0 Å². The fraction of sp³-hybridized carbons (Fsp3) is 0.417. The molecule has 0 aromatic heterocycles. The van der Waals surface area contributed by atoms with Gasteiger partial charge in [0.05, 0.1) is 7.11 Å². The second-order valence-corrected chi connectivity index (χ2v) is 3.63. The highest BCUT2D eigenvalue weighted by molar-refractivity contribution is 5.66. The summed E-state index contributed by atoms with van der Waals surface area (Å²) in [5, 5.41) is 11.5. The molecule has 4 nitrogen and oxygen atoms in total. The van der Waals surface area contributed by atoms with Gasteiger partial charge in [0.25, 0.3) is 0 Å². The lowest BCUT2D eigenvalue weighted by molar-refractivity contribution is -0.137. The Bertz CT molecular complexity index is 382. The number of hydrogen-bond donors (Lipinski definition) is 2. The van der Waals surface area contributed by atoms with E-state index in [2.05, 4.69) is 5.32 Å². The van der Waals surface area contributed by atoms with E-state index in [1.165, 1.54) is 13.2 Å². The van der Waals surface area contributed by atoms with Gasteiger partial charge in [0.1, 0.15) is 0 Å². The largest absolute Gasteiger partial charge is 0.494 e. The number of nitrogens with one attached hydrogen (secondary N) is 1. The monoisotopic (exact) mass is 241 g/mol. The van der Waals surface area contributed by atoms with Crippen LogP contribution in [-0.2, 0) is 4.79 Å². The van der Waals surface area contributed by atoms with Gasteiger partial charge in [-0.05, 0) is 25.0 Å². The molecule has 0 fully saturated rings. The molecule has 0 amide bonds. The summed E-state index contributed by atoms with van der Waals surface area (Å²) in [4.78, 5) is 10.3. The van der Waals surface area contributed by atoms with Crippen LogP contribution in [0.15, 0.2) is 18.2 Å². The average molecular weight is 241 g/mol. The molecule has 0 atom stereocenters. The van der Waals surface area contributed by atoms with Crippen molar-refractivity contribution in [1.82, 2.24) is 0 Å². The Kier molecular flexibility index (Phi) is 5.26. The van der Waals surface area contributed by atoms with Crippen LogP contribution >= 0.6 is 0 Å². The van der Waals surface area contributed by atoms with Gasteiger partial charge in [-0.2, -0.15) is 0 Å². The fourth-order valence-electron chi connectivity index (χ4n) is 1.40. The lowest BCUT2D eigenvalue weighted by Gasteiger charge is -2.08. The highest BCUT2D eigenvalue weighted by Gasteiger charge is 2.03. The topological polar surface area (TPSA) is 58.6 Å². The maximum atomic E-state index is 13.1. The predicted octanol–water partition coefficient (Wildman–Crippen LogP) is 2.50. The van der Waals surface area contributed by atoms with Crippen molar-refractivity contribution in [3.8, 4) is 5.75 Å². The maximum Gasteiger partial charge on any atom is 0.303 e. The van der Waals surface area contributed by atoms with Crippen LogP contribution in [0.25, 0.3) is 0 Å². The second kappa shape index (κ2) is 6.73. The lowest BCUT2D eigenvalue weighted by atomic mass is 10.2. The third kappa shape index (κ3) is 4.72. The average Bonchev–Trinajstić information content (AvgIpc) is 2.30. The molecule has 0 bridgehead atoms. The summed E-state index contributed by atoms with van der Waals surface area (Å²) in [5.41, 5.74) is 0.763. The Morgan fingerprint density at radius 2 is 2.24 bits per heavy atom. The van der Waals surface area contributed by atoms with Crippen LogP contribution in [-0.4, -0.2) is 24.7 Å². The zero-order chi connectivity index (χ0) is 12.7. The molecule has 0 aliphatic heterocycles. The van der Waals surface area contributed by atoms with E-state index in [9.17, 15) is 9.18 Å². The molecule has 0 saturated carbocycles. The van der Waals surface area contributed by atoms with E-state index in [1.807, 2.05) is 0 Å². The van der Waals surface area contributed by atoms with E-state index >= 15 is 0 Å². The highest BCUT2D eigenvalue weighted by Crippen LogP contribution is 2.21. The summed E-state index contributed by atoms with van der Waals surface area (Å²) < 4.78 is 17.9. The second-order valence-electron chi connectivity index (χ2n) is 3.63. The van der Waals surface area contributed by atoms with E-state index < -0.39 is 11.8 Å². The number of carboxylic acids is 1. The van der Waals surface area contributed by atoms with E-state index in [0.29, 0.717) is 13.0 Å². The number of benzene rings is 1. The van der Waals surface area contributed by atoms with Crippen molar-refractivity contribution in [2.75, 3.05) is 19.0 Å². The quantitative estimate of drug-likeness (QED) is 0.720. The molecule has 0 heterocycles. The van der Waals surface area contributed by atoms with E-state index in [0.717, 1.165) is 12.1 Å². The van der Waals surface area contributed by atoms with E-state index in [1.54, 1.807) is 12.1 Å². The number of carbonyl (C=O) groups is 1. The van der Waals surface area contributed by atoms with Crippen molar-refractivity contribution in [1.29, 1.82) is 0 Å². The van der Waals surface area contributed by atoms with E-state index in [4.69, 9.17) is 9.84 Å². The summed E-state index contributed by atoms with van der Waals surface area (Å²) in [5.74, 6) is -0.988. The Balaban J connectivity index is 2.34. The molecule has 0 saturated heterocycles. The zero-order valence-electron chi connectivity index (χ0n) is 9.70. The van der Waals surface area contributed by atoms with Gasteiger partial charge in [0, 0.05) is 24.7 Å². The number of carboxylic acid groups (broad SMARTS) is 1. The van der Waals surface area contributed by atoms with Crippen LogP contribution in [0.4, 0.5) is 10.1 Å². The number of aliphatic carboxylic acids is 1. The molecular weight excluding hydrogens is 225 g/mol. The van der Waals surface area contributed by atoms with Gasteiger partial charge in [0.2, 0.25) is 0 Å². The van der Waals surface area contributed by atoms with Crippen molar-refractivity contribution in [3.05, 3.63) is 24.0 Å². The summed E-state index contributed by atoms with van der Waals surface area (Å²) >= 11 is 0. The maximum absolute atomic E-state index is 13.1. The number of halogens is 1. The molecule has 0 aliphatic rings. The molecule has 1 rings (SSSR count). The van der Waals surface area contributed by atoms with Crippen molar-refractivity contribution in [2.45, 2.75) is 19.3 Å². The first kappa shape index (κ1) is 13.3. The normalized spacial score (nSPS) is 10.0. The molecule has 1 aromatic rings. The Morgan fingerprint density at radius 3 is 2.88 bits per heavy atom. The number of rotatable bonds is 7. The smallest absolute Gasteiger partial charge is 0.303 e. The van der Waals surface area contributed by atoms with E-state index in [-0.39, 0.29) is 12.2 Å². The SMILES string of the molecule is COc1cc(NCCCCC(=O)O)ccc1F. The minimum absolute atomic E-state index is 0.175. The van der Waals surface area contributed by atoms with Gasteiger partial charge in [-0.3, -0.25) is 4.79 Å². The van der Waals surface area contributed by atoms with Gasteiger partial charge >= 0.3 is 5.97 Å². The number of unbranched alkanes of at least 4 members (excludes halogenated alkanes) is 1. The number of anilines is 1. The number of ether oxygens (including phenoxy) is 1. The molecular formula is C12H16FNO3. The Labute approximate surface area is 99.4 Å². The van der Waals surface area contributed by atoms with Crippen molar-refractivity contribution in [3.63, 3.8) is 0 Å². The predicted molar refractivity (Wildman–Crippen MR) is 62.9 cm³/mol. The standard InChI is InChI=1S/C12H16FNO3/c1-17-11-8-9(5-6-10(11)13)14-7-3-2-4-12(15)16/h5-6,8,14H,2-4,7H2,1H3,(H,15,16). The lowest BCUT2D eigenvalue weighted by Crippen LogP contribution is -2.03. The van der Waals surface area contributed by atoms with Crippen LogP contribution < -0.4 is 10.1 Å². The van der Waals surface area contributed by atoms with Crippen molar-refractivity contribution < 1.29 is 19.0 Å². The van der Waals surface area contributed by atoms with Gasteiger partial charge in [-0.25, -0.2) is 4.39 Å². The first-order valence-electron chi connectivity index (χ1n) is 5.42. The summed E-state index contributed by atoms with van der Waals surface area (Å²) in [7, 11) is 1.41. The third-order valence-corrected chi connectivity index (χ3v) is 2.30. The molecule has 0 unspecified atom stereocenters. The van der Waals surface area contributed by atoms with Crippen LogP contribution in [0.3, 0.4) is 0 Å². The molecule has 5 heteroatoms. The molecule has 2 N–H and O–H groups in total. The zero-order valence-corrected chi connectivity index (χ0v) is 9.70. The number of hydrogen-bond acceptors (Lipinski definition) is 3. The molecule has 0 aliphatic carbocycles. The first-order chi connectivity index (χ1) is 8.13. The fourth-order valence-corrected chi connectivity index (χ4v) is 1.40. The van der Waals surface area contributed by atoms with Crippen LogP contribution in [0.5, 0.6) is 5.75 Å². The van der Waals surface area contributed by atoms with Gasteiger partial charge in [-0.15, -0.1) is 0 Å². The Morgan fingerprint density at radius 1 is 1.47 bits per heavy atom. The molecule has 0 spiro atoms. The van der Waals surface area contributed by atoms with Crippen LogP contribution in [0.1, 0.15) is 19.3 Å².